The molecule has 0 radical (unpaired) electrons. The molecule has 0 aliphatic carbocycles. The van der Waals surface area contributed by atoms with Crippen molar-refractivity contribution in [2.24, 2.45) is 0 Å². The lowest BCUT2D eigenvalue weighted by Crippen LogP contribution is -2.12. The summed E-state index contributed by atoms with van der Waals surface area (Å²) < 4.78 is 0. The molecule has 2 aromatic rings. The maximum Gasteiger partial charge on any atom is 0.138 e. The average molecular weight is 294 g/mol. The van der Waals surface area contributed by atoms with Crippen molar-refractivity contribution in [3.63, 3.8) is 0 Å². The second-order valence-corrected chi connectivity index (χ2v) is 5.52. The van der Waals surface area contributed by atoms with Crippen LogP contribution in [-0.4, -0.2) is 16.5 Å². The highest BCUT2D eigenvalue weighted by atomic mass is 35.5. The molecule has 0 aliphatic heterocycles. The summed E-state index contributed by atoms with van der Waals surface area (Å²) in [7, 11) is 0. The molecule has 1 heterocycles. The summed E-state index contributed by atoms with van der Waals surface area (Å²) in [4.78, 5) is 9.86. The molecule has 0 spiro atoms. The SMILES string of the molecule is CCNCc1cnc(CSc2cccc(Cl)c2)nc1. The molecule has 1 N–H and O–H groups in total. The molecule has 0 fully saturated rings. The standard InChI is InChI=1S/C14H16ClN3S/c1-2-16-7-11-8-17-14(18-9-11)10-19-13-5-3-4-12(15)6-13/h3-6,8-9,16H,2,7,10H2,1H3. The molecule has 0 amide bonds. The lowest BCUT2D eigenvalue weighted by molar-refractivity contribution is 0.719. The molecule has 1 aromatic carbocycles. The van der Waals surface area contributed by atoms with E-state index >= 15 is 0 Å². The van der Waals surface area contributed by atoms with Gasteiger partial charge in [0.2, 0.25) is 0 Å². The van der Waals surface area contributed by atoms with Gasteiger partial charge < -0.3 is 5.32 Å². The molecule has 2 rings (SSSR count). The van der Waals surface area contributed by atoms with E-state index in [0.29, 0.717) is 0 Å². The van der Waals surface area contributed by atoms with Crippen LogP contribution >= 0.6 is 23.4 Å². The Kier molecular flexibility index (Phi) is 5.63. The van der Waals surface area contributed by atoms with Gasteiger partial charge in [-0.25, -0.2) is 9.97 Å². The van der Waals surface area contributed by atoms with E-state index in [0.717, 1.165) is 40.1 Å². The Balaban J connectivity index is 1.89. The van der Waals surface area contributed by atoms with Gasteiger partial charge >= 0.3 is 0 Å². The number of benzene rings is 1. The van der Waals surface area contributed by atoms with Crippen molar-refractivity contribution in [1.82, 2.24) is 15.3 Å². The van der Waals surface area contributed by atoms with Crippen LogP contribution in [0.1, 0.15) is 18.3 Å². The smallest absolute Gasteiger partial charge is 0.138 e. The predicted octanol–water partition coefficient (Wildman–Crippen LogP) is 3.53. The lowest BCUT2D eigenvalue weighted by atomic mass is 10.3. The van der Waals surface area contributed by atoms with Crippen molar-refractivity contribution < 1.29 is 0 Å². The van der Waals surface area contributed by atoms with Gasteiger partial charge in [-0.1, -0.05) is 24.6 Å². The molecular weight excluding hydrogens is 278 g/mol. The second kappa shape index (κ2) is 7.48. The fourth-order valence-electron chi connectivity index (χ4n) is 1.52. The molecule has 5 heteroatoms. The summed E-state index contributed by atoms with van der Waals surface area (Å²) in [6, 6.07) is 7.81. The first-order chi connectivity index (χ1) is 9.28. The van der Waals surface area contributed by atoms with E-state index in [9.17, 15) is 0 Å². The molecule has 0 atom stereocenters. The van der Waals surface area contributed by atoms with Crippen molar-refractivity contribution in [3.05, 3.63) is 53.1 Å². The normalized spacial score (nSPS) is 10.6. The summed E-state index contributed by atoms with van der Waals surface area (Å²) in [6.45, 7) is 3.85. The van der Waals surface area contributed by atoms with Crippen LogP contribution in [0.15, 0.2) is 41.6 Å². The van der Waals surface area contributed by atoms with Gasteiger partial charge in [0, 0.05) is 34.4 Å². The lowest BCUT2D eigenvalue weighted by Gasteiger charge is -2.04. The zero-order valence-corrected chi connectivity index (χ0v) is 12.3. The minimum Gasteiger partial charge on any atom is -0.313 e. The predicted molar refractivity (Wildman–Crippen MR) is 80.4 cm³/mol. The number of thioether (sulfide) groups is 1. The minimum absolute atomic E-state index is 0.752. The molecule has 0 unspecified atom stereocenters. The van der Waals surface area contributed by atoms with Crippen LogP contribution < -0.4 is 5.32 Å². The topological polar surface area (TPSA) is 37.8 Å². The highest BCUT2D eigenvalue weighted by Gasteiger charge is 2.00. The summed E-state index contributed by atoms with van der Waals surface area (Å²) in [6.07, 6.45) is 3.76. The van der Waals surface area contributed by atoms with Gasteiger partial charge in [0.05, 0.1) is 5.75 Å². The first-order valence-electron chi connectivity index (χ1n) is 6.17. The number of halogens is 1. The summed E-state index contributed by atoms with van der Waals surface area (Å²) in [5.41, 5.74) is 1.11. The van der Waals surface area contributed by atoms with Gasteiger partial charge in [-0.3, -0.25) is 0 Å². The fraction of sp³-hybridized carbons (Fsp3) is 0.286. The first-order valence-corrected chi connectivity index (χ1v) is 7.53. The van der Waals surface area contributed by atoms with E-state index in [1.807, 2.05) is 36.7 Å². The minimum atomic E-state index is 0.752. The zero-order chi connectivity index (χ0) is 13.5. The molecule has 3 nitrogen and oxygen atoms in total. The highest BCUT2D eigenvalue weighted by Crippen LogP contribution is 2.23. The Morgan fingerprint density at radius 1 is 1.26 bits per heavy atom. The van der Waals surface area contributed by atoms with Crippen molar-refractivity contribution in [2.45, 2.75) is 24.1 Å². The van der Waals surface area contributed by atoms with E-state index in [1.54, 1.807) is 11.8 Å². The van der Waals surface area contributed by atoms with Crippen LogP contribution in [0.5, 0.6) is 0 Å². The van der Waals surface area contributed by atoms with Gasteiger partial charge in [0.1, 0.15) is 5.82 Å². The van der Waals surface area contributed by atoms with Crippen LogP contribution in [-0.2, 0) is 12.3 Å². The van der Waals surface area contributed by atoms with E-state index in [1.165, 1.54) is 0 Å². The number of nitrogens with one attached hydrogen (secondary N) is 1. The van der Waals surface area contributed by atoms with E-state index in [-0.39, 0.29) is 0 Å². The van der Waals surface area contributed by atoms with Crippen LogP contribution in [0.3, 0.4) is 0 Å². The number of hydrogen-bond donors (Lipinski definition) is 1. The van der Waals surface area contributed by atoms with Crippen molar-refractivity contribution in [1.29, 1.82) is 0 Å². The molecule has 0 aliphatic rings. The molecule has 1 aromatic heterocycles. The van der Waals surface area contributed by atoms with Crippen molar-refractivity contribution >= 4 is 23.4 Å². The highest BCUT2D eigenvalue weighted by molar-refractivity contribution is 7.98. The summed E-state index contributed by atoms with van der Waals surface area (Å²) in [5.74, 6) is 1.59. The Labute approximate surface area is 122 Å². The van der Waals surface area contributed by atoms with E-state index in [2.05, 4.69) is 22.2 Å². The largest absolute Gasteiger partial charge is 0.313 e. The van der Waals surface area contributed by atoms with Gasteiger partial charge in [-0.2, -0.15) is 0 Å². The maximum absolute atomic E-state index is 5.94. The molecular formula is C14H16ClN3S. The van der Waals surface area contributed by atoms with Crippen LogP contribution in [0.4, 0.5) is 0 Å². The Hall–Kier alpha value is -1.10. The summed E-state index contributed by atoms with van der Waals surface area (Å²) >= 11 is 7.63. The van der Waals surface area contributed by atoms with Crippen LogP contribution in [0, 0.1) is 0 Å². The Morgan fingerprint density at radius 2 is 2.05 bits per heavy atom. The summed E-state index contributed by atoms with van der Waals surface area (Å²) in [5, 5.41) is 4.00. The number of aromatic nitrogens is 2. The number of nitrogens with zero attached hydrogens (tertiary/aromatic N) is 2. The Morgan fingerprint density at radius 3 is 2.74 bits per heavy atom. The Bertz CT molecular complexity index is 516. The van der Waals surface area contributed by atoms with E-state index < -0.39 is 0 Å². The third kappa shape index (κ3) is 4.82. The third-order valence-electron chi connectivity index (χ3n) is 2.50. The van der Waals surface area contributed by atoms with Crippen molar-refractivity contribution in [3.8, 4) is 0 Å². The van der Waals surface area contributed by atoms with Crippen molar-refractivity contribution in [2.75, 3.05) is 6.54 Å². The van der Waals surface area contributed by atoms with Gasteiger partial charge in [0.25, 0.3) is 0 Å². The molecule has 100 valence electrons. The average Bonchev–Trinajstić information content (AvgIpc) is 2.44. The molecule has 0 saturated carbocycles. The second-order valence-electron chi connectivity index (χ2n) is 4.03. The molecule has 0 bridgehead atoms. The van der Waals surface area contributed by atoms with Gasteiger partial charge in [-0.15, -0.1) is 11.8 Å². The monoisotopic (exact) mass is 293 g/mol. The zero-order valence-electron chi connectivity index (χ0n) is 10.8. The molecule has 0 saturated heterocycles. The van der Waals surface area contributed by atoms with Crippen LogP contribution in [0.25, 0.3) is 0 Å². The fourth-order valence-corrected chi connectivity index (χ4v) is 2.61. The number of rotatable bonds is 6. The van der Waals surface area contributed by atoms with E-state index in [4.69, 9.17) is 11.6 Å². The van der Waals surface area contributed by atoms with Crippen LogP contribution in [0.2, 0.25) is 5.02 Å². The maximum atomic E-state index is 5.94. The van der Waals surface area contributed by atoms with Gasteiger partial charge in [-0.05, 0) is 24.7 Å². The molecule has 19 heavy (non-hydrogen) atoms. The third-order valence-corrected chi connectivity index (χ3v) is 3.73. The van der Waals surface area contributed by atoms with Gasteiger partial charge in [0.15, 0.2) is 0 Å². The first kappa shape index (κ1) is 14.3. The quantitative estimate of drug-likeness (QED) is 0.827. The number of hydrogen-bond acceptors (Lipinski definition) is 4.